The van der Waals surface area contributed by atoms with Gasteiger partial charge in [0.2, 0.25) is 11.8 Å². The predicted octanol–water partition coefficient (Wildman–Crippen LogP) is 5.19. The molecule has 5 rings (SSSR count). The summed E-state index contributed by atoms with van der Waals surface area (Å²) in [5.41, 5.74) is 0.920. The molecule has 2 saturated heterocycles. The normalized spacial score (nSPS) is 24.1. The predicted molar refractivity (Wildman–Crippen MR) is 142 cm³/mol. The Morgan fingerprint density at radius 2 is 1.60 bits per heavy atom. The monoisotopic (exact) mass is 577 g/mol. The second-order valence-corrected chi connectivity index (χ2v) is 11.1. The van der Waals surface area contributed by atoms with E-state index in [4.69, 9.17) is 16.3 Å². The number of hydrogen-bond donors (Lipinski definition) is 0. The third-order valence-corrected chi connectivity index (χ3v) is 8.43. The lowest BCUT2D eigenvalue weighted by atomic mass is 9.93. The Hall–Kier alpha value is -3.27. The number of amides is 3. The Balaban J connectivity index is 1.29. The highest BCUT2D eigenvalue weighted by molar-refractivity contribution is 6.30. The SMILES string of the molecule is CCN(C(=O)Oc1ccc(F)cc1)[C@@H]1CN(C(=O)C2CCN(C(=O)C3CC3(F)F)CC2)C[C@H]1c1ccc(Cl)cc1. The summed E-state index contributed by atoms with van der Waals surface area (Å²) in [7, 11) is 0. The molecule has 1 aliphatic carbocycles. The molecule has 3 atom stereocenters. The highest BCUT2D eigenvalue weighted by Gasteiger charge is 2.62. The zero-order valence-electron chi connectivity index (χ0n) is 22.1. The number of carbonyl (C=O) groups is 3. The summed E-state index contributed by atoms with van der Waals surface area (Å²) < 4.78 is 45.6. The molecule has 2 heterocycles. The first-order chi connectivity index (χ1) is 19.1. The van der Waals surface area contributed by atoms with Crippen LogP contribution < -0.4 is 4.74 Å². The van der Waals surface area contributed by atoms with Crippen molar-refractivity contribution in [3.8, 4) is 5.75 Å². The third-order valence-electron chi connectivity index (χ3n) is 8.17. The maximum atomic E-state index is 13.6. The van der Waals surface area contributed by atoms with Crippen LogP contribution in [0.25, 0.3) is 0 Å². The van der Waals surface area contributed by atoms with Crippen LogP contribution in [0.3, 0.4) is 0 Å². The molecule has 3 fully saturated rings. The van der Waals surface area contributed by atoms with Crippen LogP contribution in [-0.4, -0.2) is 77.3 Å². The van der Waals surface area contributed by atoms with E-state index < -0.39 is 36.1 Å². The van der Waals surface area contributed by atoms with Crippen molar-refractivity contribution in [3.05, 3.63) is 64.9 Å². The van der Waals surface area contributed by atoms with Crippen LogP contribution in [0.1, 0.15) is 37.7 Å². The molecule has 0 N–H and O–H groups in total. The Bertz CT molecular complexity index is 1250. The van der Waals surface area contributed by atoms with Gasteiger partial charge in [-0.1, -0.05) is 23.7 Å². The second kappa shape index (κ2) is 11.3. The Kier molecular flexibility index (Phi) is 7.99. The molecule has 3 amide bonds. The summed E-state index contributed by atoms with van der Waals surface area (Å²) >= 11 is 6.10. The molecular weight excluding hydrogens is 547 g/mol. The van der Waals surface area contributed by atoms with Crippen molar-refractivity contribution in [2.45, 2.75) is 44.1 Å². The lowest BCUT2D eigenvalue weighted by molar-refractivity contribution is -0.141. The average molecular weight is 578 g/mol. The smallest absolute Gasteiger partial charge is 0.410 e. The van der Waals surface area contributed by atoms with Crippen LogP contribution in [0.4, 0.5) is 18.0 Å². The van der Waals surface area contributed by atoms with Crippen molar-refractivity contribution in [2.24, 2.45) is 11.8 Å². The minimum Gasteiger partial charge on any atom is -0.410 e. The van der Waals surface area contributed by atoms with Gasteiger partial charge in [-0.3, -0.25) is 9.59 Å². The summed E-state index contributed by atoms with van der Waals surface area (Å²) in [5.74, 6) is -5.52. The second-order valence-electron chi connectivity index (χ2n) is 10.7. The van der Waals surface area contributed by atoms with E-state index in [0.29, 0.717) is 31.0 Å². The number of likely N-dealkylation sites (tertiary alicyclic amines) is 2. The van der Waals surface area contributed by atoms with Crippen LogP contribution in [-0.2, 0) is 9.59 Å². The van der Waals surface area contributed by atoms with Gasteiger partial charge in [0.05, 0.1) is 6.04 Å². The molecule has 1 unspecified atom stereocenters. The summed E-state index contributed by atoms with van der Waals surface area (Å²) in [4.78, 5) is 44.0. The van der Waals surface area contributed by atoms with Gasteiger partial charge < -0.3 is 19.4 Å². The van der Waals surface area contributed by atoms with Gasteiger partial charge in [0.1, 0.15) is 17.5 Å². The largest absolute Gasteiger partial charge is 0.415 e. The van der Waals surface area contributed by atoms with E-state index in [0.717, 1.165) is 5.56 Å². The van der Waals surface area contributed by atoms with Crippen LogP contribution in [0.15, 0.2) is 48.5 Å². The zero-order chi connectivity index (χ0) is 28.6. The number of benzene rings is 2. The maximum absolute atomic E-state index is 13.6. The minimum atomic E-state index is -2.91. The zero-order valence-corrected chi connectivity index (χ0v) is 22.8. The van der Waals surface area contributed by atoms with E-state index in [9.17, 15) is 27.6 Å². The van der Waals surface area contributed by atoms with Crippen LogP contribution in [0.2, 0.25) is 5.02 Å². The molecule has 40 heavy (non-hydrogen) atoms. The first kappa shape index (κ1) is 28.3. The summed E-state index contributed by atoms with van der Waals surface area (Å²) in [5, 5.41) is 0.569. The number of hydrogen-bond acceptors (Lipinski definition) is 4. The molecule has 2 aromatic carbocycles. The molecule has 7 nitrogen and oxygen atoms in total. The van der Waals surface area contributed by atoms with Crippen LogP contribution in [0, 0.1) is 17.7 Å². The Labute approximate surface area is 235 Å². The molecule has 3 aliphatic rings. The lowest BCUT2D eigenvalue weighted by Crippen LogP contribution is -2.47. The van der Waals surface area contributed by atoms with Crippen molar-refractivity contribution in [1.82, 2.24) is 14.7 Å². The molecule has 214 valence electrons. The first-order valence-electron chi connectivity index (χ1n) is 13.5. The quantitative estimate of drug-likeness (QED) is 0.474. The standard InChI is InChI=1S/C29H31ClF3N3O4/c1-2-36(28(39)40-22-9-7-21(31)8-10-22)25-17-35(16-23(25)18-3-5-20(30)6-4-18)26(37)19-11-13-34(14-12-19)27(38)24-15-29(24,32)33/h3-10,19,23-25H,2,11-17H2,1H3/t23-,24?,25+/m0/s1. The van der Waals surface area contributed by atoms with Crippen molar-refractivity contribution in [2.75, 3.05) is 32.7 Å². The number of likely N-dealkylation sites (N-methyl/N-ethyl adjacent to an activating group) is 1. The Morgan fingerprint density at radius 3 is 2.17 bits per heavy atom. The number of nitrogens with zero attached hydrogens (tertiary/aromatic N) is 3. The number of alkyl halides is 2. The lowest BCUT2D eigenvalue weighted by Gasteiger charge is -2.33. The van der Waals surface area contributed by atoms with Crippen molar-refractivity contribution in [3.63, 3.8) is 0 Å². The fraction of sp³-hybridized carbons (Fsp3) is 0.483. The molecule has 0 radical (unpaired) electrons. The molecule has 0 bridgehead atoms. The molecule has 0 spiro atoms. The van der Waals surface area contributed by atoms with Crippen LogP contribution in [0.5, 0.6) is 5.75 Å². The van der Waals surface area contributed by atoms with Gasteiger partial charge in [0.15, 0.2) is 0 Å². The van der Waals surface area contributed by atoms with Gasteiger partial charge >= 0.3 is 6.09 Å². The number of halogens is 4. The van der Waals surface area contributed by atoms with Gasteiger partial charge in [-0.05, 0) is 61.7 Å². The van der Waals surface area contributed by atoms with Gasteiger partial charge in [-0.25, -0.2) is 18.0 Å². The topological polar surface area (TPSA) is 70.2 Å². The molecule has 2 aliphatic heterocycles. The van der Waals surface area contributed by atoms with Crippen molar-refractivity contribution < 1.29 is 32.3 Å². The minimum absolute atomic E-state index is 0.0757. The van der Waals surface area contributed by atoms with E-state index in [-0.39, 0.29) is 49.2 Å². The highest BCUT2D eigenvalue weighted by atomic mass is 35.5. The van der Waals surface area contributed by atoms with Gasteiger partial charge in [0, 0.05) is 56.0 Å². The number of rotatable bonds is 6. The fourth-order valence-electron chi connectivity index (χ4n) is 5.79. The fourth-order valence-corrected chi connectivity index (χ4v) is 5.91. The van der Waals surface area contributed by atoms with E-state index in [1.54, 1.807) is 21.9 Å². The summed E-state index contributed by atoms with van der Waals surface area (Å²) in [6.45, 7) is 3.34. The van der Waals surface area contributed by atoms with Crippen molar-refractivity contribution >= 4 is 29.5 Å². The maximum Gasteiger partial charge on any atom is 0.415 e. The van der Waals surface area contributed by atoms with E-state index >= 15 is 0 Å². The Morgan fingerprint density at radius 1 is 0.975 bits per heavy atom. The molecular formula is C29H31ClF3N3O4. The van der Waals surface area contributed by atoms with E-state index in [1.807, 2.05) is 19.1 Å². The van der Waals surface area contributed by atoms with E-state index in [2.05, 4.69) is 0 Å². The van der Waals surface area contributed by atoms with Crippen molar-refractivity contribution in [1.29, 1.82) is 0 Å². The molecule has 11 heteroatoms. The molecule has 2 aromatic rings. The summed E-state index contributed by atoms with van der Waals surface area (Å²) in [6, 6.07) is 12.1. The number of ether oxygens (including phenoxy) is 1. The molecule has 1 saturated carbocycles. The average Bonchev–Trinajstić information content (AvgIpc) is 3.37. The van der Waals surface area contributed by atoms with Gasteiger partial charge in [-0.15, -0.1) is 0 Å². The van der Waals surface area contributed by atoms with Crippen LogP contribution >= 0.6 is 11.6 Å². The molecule has 0 aromatic heterocycles. The van der Waals surface area contributed by atoms with E-state index in [1.165, 1.54) is 29.2 Å². The van der Waals surface area contributed by atoms with Gasteiger partial charge in [-0.2, -0.15) is 0 Å². The van der Waals surface area contributed by atoms with Gasteiger partial charge in [0.25, 0.3) is 5.92 Å². The number of carbonyl (C=O) groups excluding carboxylic acids is 3. The number of piperidine rings is 1. The third kappa shape index (κ3) is 5.92. The highest BCUT2D eigenvalue weighted by Crippen LogP contribution is 2.49. The summed E-state index contributed by atoms with van der Waals surface area (Å²) in [6.07, 6.45) is -0.195. The first-order valence-corrected chi connectivity index (χ1v) is 13.9.